The summed E-state index contributed by atoms with van der Waals surface area (Å²) in [6.45, 7) is 1.65. The first-order valence-corrected chi connectivity index (χ1v) is 5.95. The normalized spacial score (nSPS) is 15.6. The third-order valence-corrected chi connectivity index (χ3v) is 2.77. The fourth-order valence-electron chi connectivity index (χ4n) is 1.61. The second kappa shape index (κ2) is 5.61. The summed E-state index contributed by atoms with van der Waals surface area (Å²) in [4.78, 5) is 0. The molecule has 0 amide bonds. The summed E-state index contributed by atoms with van der Waals surface area (Å²) in [5.41, 5.74) is 0. The predicted molar refractivity (Wildman–Crippen MR) is 59.4 cm³/mol. The van der Waals surface area contributed by atoms with Crippen LogP contribution in [0.3, 0.4) is 0 Å². The molecule has 90 valence electrons. The lowest BCUT2D eigenvalue weighted by molar-refractivity contribution is 0.0571. The maximum atomic E-state index is 5.82. The lowest BCUT2D eigenvalue weighted by Crippen LogP contribution is -2.08. The van der Waals surface area contributed by atoms with E-state index in [2.05, 4.69) is 14.8 Å². The zero-order chi connectivity index (χ0) is 11.4. The Bertz CT molecular complexity index is 339. The molecule has 1 fully saturated rings. The van der Waals surface area contributed by atoms with Crippen LogP contribution in [-0.4, -0.2) is 35.1 Å². The van der Waals surface area contributed by atoms with Crippen molar-refractivity contribution >= 4 is 11.6 Å². The number of halogens is 1. The van der Waals surface area contributed by atoms with Crippen LogP contribution in [0.2, 0.25) is 0 Å². The molecule has 1 aromatic heterocycles. The lowest BCUT2D eigenvalue weighted by Gasteiger charge is -2.07. The minimum Gasteiger partial charge on any atom is -0.382 e. The van der Waals surface area contributed by atoms with E-state index in [1.807, 2.05) is 0 Å². The van der Waals surface area contributed by atoms with Gasteiger partial charge in [0.25, 0.3) is 0 Å². The van der Waals surface area contributed by atoms with Crippen LogP contribution in [0.25, 0.3) is 0 Å². The highest BCUT2D eigenvalue weighted by Crippen LogP contribution is 2.36. The standard InChI is InChI=1S/C10H16ClN3O2/c1-15-4-5-16-7-10-13-12-9(6-11)14(10)8-2-3-8/h8H,2-7H2,1H3. The summed E-state index contributed by atoms with van der Waals surface area (Å²) in [7, 11) is 1.65. The Kier molecular flexibility index (Phi) is 4.15. The number of alkyl halides is 1. The van der Waals surface area contributed by atoms with Gasteiger partial charge in [-0.2, -0.15) is 0 Å². The second-order valence-corrected chi connectivity index (χ2v) is 4.08. The molecule has 0 N–H and O–H groups in total. The lowest BCUT2D eigenvalue weighted by atomic mass is 10.5. The summed E-state index contributed by atoms with van der Waals surface area (Å²) in [5.74, 6) is 2.12. The fraction of sp³-hybridized carbons (Fsp3) is 0.800. The van der Waals surface area contributed by atoms with Gasteiger partial charge in [0, 0.05) is 13.2 Å². The maximum absolute atomic E-state index is 5.82. The van der Waals surface area contributed by atoms with Crippen LogP contribution >= 0.6 is 11.6 Å². The van der Waals surface area contributed by atoms with E-state index in [-0.39, 0.29) is 0 Å². The summed E-state index contributed by atoms with van der Waals surface area (Å²) >= 11 is 5.82. The van der Waals surface area contributed by atoms with Crippen molar-refractivity contribution in [1.29, 1.82) is 0 Å². The van der Waals surface area contributed by atoms with Gasteiger partial charge in [0.15, 0.2) is 5.82 Å². The minimum absolute atomic E-state index is 0.404. The molecule has 2 rings (SSSR count). The van der Waals surface area contributed by atoms with Crippen LogP contribution in [0.5, 0.6) is 0 Å². The fourth-order valence-corrected chi connectivity index (χ4v) is 1.79. The first-order chi connectivity index (χ1) is 7.86. The van der Waals surface area contributed by atoms with Crippen molar-refractivity contribution in [3.63, 3.8) is 0 Å². The molecule has 1 aromatic rings. The first-order valence-electron chi connectivity index (χ1n) is 5.42. The highest BCUT2D eigenvalue weighted by molar-refractivity contribution is 6.16. The van der Waals surface area contributed by atoms with Gasteiger partial charge in [-0.25, -0.2) is 0 Å². The van der Waals surface area contributed by atoms with Gasteiger partial charge in [0.2, 0.25) is 0 Å². The Balaban J connectivity index is 1.94. The number of nitrogens with zero attached hydrogens (tertiary/aromatic N) is 3. The van der Waals surface area contributed by atoms with Crippen LogP contribution in [0, 0.1) is 0 Å². The van der Waals surface area contributed by atoms with Crippen LogP contribution in [0.1, 0.15) is 30.5 Å². The van der Waals surface area contributed by atoms with Gasteiger partial charge >= 0.3 is 0 Å². The van der Waals surface area contributed by atoms with Crippen molar-refractivity contribution in [2.45, 2.75) is 31.4 Å². The van der Waals surface area contributed by atoms with Gasteiger partial charge in [-0.15, -0.1) is 21.8 Å². The Labute approximate surface area is 99.7 Å². The number of hydrogen-bond donors (Lipinski definition) is 0. The van der Waals surface area contributed by atoms with E-state index < -0.39 is 0 Å². The summed E-state index contributed by atoms with van der Waals surface area (Å²) in [6.07, 6.45) is 2.38. The number of aromatic nitrogens is 3. The molecule has 1 aliphatic carbocycles. The van der Waals surface area contributed by atoms with E-state index in [4.69, 9.17) is 21.1 Å². The molecular formula is C10H16ClN3O2. The van der Waals surface area contributed by atoms with E-state index in [1.54, 1.807) is 7.11 Å². The third kappa shape index (κ3) is 2.72. The molecule has 1 heterocycles. The van der Waals surface area contributed by atoms with E-state index in [0.717, 1.165) is 11.6 Å². The van der Waals surface area contributed by atoms with Crippen molar-refractivity contribution in [2.75, 3.05) is 20.3 Å². The van der Waals surface area contributed by atoms with Gasteiger partial charge in [0.05, 0.1) is 19.1 Å². The molecule has 0 saturated heterocycles. The molecule has 0 spiro atoms. The Morgan fingerprint density at radius 2 is 2.06 bits per heavy atom. The van der Waals surface area contributed by atoms with Crippen molar-refractivity contribution in [2.24, 2.45) is 0 Å². The molecule has 0 atom stereocenters. The smallest absolute Gasteiger partial charge is 0.159 e. The molecular weight excluding hydrogens is 230 g/mol. The Morgan fingerprint density at radius 1 is 1.31 bits per heavy atom. The number of rotatable bonds is 7. The van der Waals surface area contributed by atoms with Gasteiger partial charge < -0.3 is 14.0 Å². The average molecular weight is 246 g/mol. The van der Waals surface area contributed by atoms with Crippen LogP contribution < -0.4 is 0 Å². The molecule has 16 heavy (non-hydrogen) atoms. The van der Waals surface area contributed by atoms with Gasteiger partial charge in [-0.05, 0) is 12.8 Å². The summed E-state index contributed by atoms with van der Waals surface area (Å²) < 4.78 is 12.5. The van der Waals surface area contributed by atoms with Crippen molar-refractivity contribution in [1.82, 2.24) is 14.8 Å². The monoisotopic (exact) mass is 245 g/mol. The van der Waals surface area contributed by atoms with Crippen LogP contribution in [0.15, 0.2) is 0 Å². The Morgan fingerprint density at radius 3 is 2.69 bits per heavy atom. The highest BCUT2D eigenvalue weighted by atomic mass is 35.5. The maximum Gasteiger partial charge on any atom is 0.159 e. The van der Waals surface area contributed by atoms with Gasteiger partial charge in [0.1, 0.15) is 12.4 Å². The molecule has 0 unspecified atom stereocenters. The Hall–Kier alpha value is -0.650. The van der Waals surface area contributed by atoms with E-state index in [9.17, 15) is 0 Å². The molecule has 0 bridgehead atoms. The largest absolute Gasteiger partial charge is 0.382 e. The number of ether oxygens (including phenoxy) is 2. The molecule has 0 aromatic carbocycles. The molecule has 5 nitrogen and oxygen atoms in total. The predicted octanol–water partition coefficient (Wildman–Crippen LogP) is 1.51. The summed E-state index contributed by atoms with van der Waals surface area (Å²) in [6, 6.07) is 0.532. The number of methoxy groups -OCH3 is 1. The van der Waals surface area contributed by atoms with E-state index in [0.29, 0.717) is 31.7 Å². The highest BCUT2D eigenvalue weighted by Gasteiger charge is 2.28. The van der Waals surface area contributed by atoms with Crippen molar-refractivity contribution < 1.29 is 9.47 Å². The second-order valence-electron chi connectivity index (χ2n) is 3.81. The quantitative estimate of drug-likeness (QED) is 0.540. The molecule has 6 heteroatoms. The van der Waals surface area contributed by atoms with E-state index in [1.165, 1.54) is 12.8 Å². The minimum atomic E-state index is 0.404. The van der Waals surface area contributed by atoms with Gasteiger partial charge in [-0.1, -0.05) is 0 Å². The molecule has 0 aliphatic heterocycles. The zero-order valence-electron chi connectivity index (χ0n) is 9.36. The van der Waals surface area contributed by atoms with E-state index >= 15 is 0 Å². The summed E-state index contributed by atoms with van der Waals surface area (Å²) in [5, 5.41) is 8.17. The van der Waals surface area contributed by atoms with Crippen molar-refractivity contribution in [3.05, 3.63) is 11.6 Å². The van der Waals surface area contributed by atoms with Crippen LogP contribution in [-0.2, 0) is 22.0 Å². The van der Waals surface area contributed by atoms with Gasteiger partial charge in [-0.3, -0.25) is 0 Å². The first kappa shape index (κ1) is 11.8. The third-order valence-electron chi connectivity index (χ3n) is 2.53. The SMILES string of the molecule is COCCOCc1nnc(CCl)n1C1CC1. The molecule has 1 aliphatic rings. The average Bonchev–Trinajstić information content (AvgIpc) is 3.06. The van der Waals surface area contributed by atoms with Crippen LogP contribution in [0.4, 0.5) is 0 Å². The zero-order valence-corrected chi connectivity index (χ0v) is 10.1. The number of hydrogen-bond acceptors (Lipinski definition) is 4. The molecule has 0 radical (unpaired) electrons. The topological polar surface area (TPSA) is 49.2 Å². The van der Waals surface area contributed by atoms with Crippen molar-refractivity contribution in [3.8, 4) is 0 Å². The molecule has 1 saturated carbocycles.